The van der Waals surface area contributed by atoms with Crippen LogP contribution in [-0.4, -0.2) is 26.2 Å². The Morgan fingerprint density at radius 2 is 1.70 bits per heavy atom. The molecule has 1 heterocycles. The molecule has 2 heteroatoms. The van der Waals surface area contributed by atoms with Crippen molar-refractivity contribution in [3.8, 4) is 0 Å². The van der Waals surface area contributed by atoms with Crippen molar-refractivity contribution in [1.29, 1.82) is 0 Å². The predicted octanol–water partition coefficient (Wildman–Crippen LogP) is 2.68. The summed E-state index contributed by atoms with van der Waals surface area (Å²) in [6.45, 7) is 4.40. The average molecular weight is 265 g/mol. The SMILES string of the molecule is [c]1cccc(CCc2ccc(N3CCNCC3)cc2)c1. The Bertz CT molecular complexity index is 513. The van der Waals surface area contributed by atoms with E-state index in [1.165, 1.54) is 16.8 Å². The second kappa shape index (κ2) is 6.58. The highest BCUT2D eigenvalue weighted by molar-refractivity contribution is 5.48. The van der Waals surface area contributed by atoms with Crippen molar-refractivity contribution < 1.29 is 0 Å². The first-order chi connectivity index (χ1) is 9.92. The van der Waals surface area contributed by atoms with E-state index in [-0.39, 0.29) is 0 Å². The van der Waals surface area contributed by atoms with Gasteiger partial charge < -0.3 is 10.2 Å². The van der Waals surface area contributed by atoms with Gasteiger partial charge in [0.1, 0.15) is 0 Å². The molecule has 0 saturated carbocycles. The number of nitrogens with one attached hydrogen (secondary N) is 1. The summed E-state index contributed by atoms with van der Waals surface area (Å²) < 4.78 is 0. The van der Waals surface area contributed by atoms with Gasteiger partial charge in [-0.3, -0.25) is 0 Å². The highest BCUT2D eigenvalue weighted by Gasteiger charge is 2.09. The van der Waals surface area contributed by atoms with Crippen molar-refractivity contribution in [1.82, 2.24) is 5.32 Å². The number of anilines is 1. The molecule has 103 valence electrons. The molecule has 1 aliphatic rings. The van der Waals surface area contributed by atoms with Crippen molar-refractivity contribution in [2.24, 2.45) is 0 Å². The summed E-state index contributed by atoms with van der Waals surface area (Å²) in [5, 5.41) is 3.39. The highest BCUT2D eigenvalue weighted by atomic mass is 15.2. The third-order valence-corrected chi connectivity index (χ3v) is 3.89. The maximum Gasteiger partial charge on any atom is 0.0367 e. The molecule has 1 N–H and O–H groups in total. The van der Waals surface area contributed by atoms with Crippen LogP contribution in [0.5, 0.6) is 0 Å². The molecule has 0 bridgehead atoms. The van der Waals surface area contributed by atoms with Gasteiger partial charge >= 0.3 is 0 Å². The molecule has 2 aromatic carbocycles. The minimum Gasteiger partial charge on any atom is -0.369 e. The van der Waals surface area contributed by atoms with Gasteiger partial charge in [0.2, 0.25) is 0 Å². The van der Waals surface area contributed by atoms with Crippen LogP contribution in [0.2, 0.25) is 0 Å². The number of nitrogens with zero attached hydrogens (tertiary/aromatic N) is 1. The maximum atomic E-state index is 3.39. The lowest BCUT2D eigenvalue weighted by molar-refractivity contribution is 0.589. The summed E-state index contributed by atoms with van der Waals surface area (Å²) in [6.07, 6.45) is 2.18. The summed E-state index contributed by atoms with van der Waals surface area (Å²) in [6, 6.07) is 20.5. The molecule has 2 nitrogen and oxygen atoms in total. The third kappa shape index (κ3) is 3.40. The fourth-order valence-corrected chi connectivity index (χ4v) is 2.67. The van der Waals surface area contributed by atoms with Gasteiger partial charge in [0.15, 0.2) is 0 Å². The molecule has 0 unspecified atom stereocenters. The van der Waals surface area contributed by atoms with Gasteiger partial charge in [-0.1, -0.05) is 36.4 Å². The predicted molar refractivity (Wildman–Crippen MR) is 84.2 cm³/mol. The van der Waals surface area contributed by atoms with Gasteiger partial charge in [-0.15, -0.1) is 0 Å². The van der Waals surface area contributed by atoms with E-state index >= 15 is 0 Å². The van der Waals surface area contributed by atoms with Crippen LogP contribution >= 0.6 is 0 Å². The van der Waals surface area contributed by atoms with Crippen LogP contribution in [-0.2, 0) is 12.8 Å². The van der Waals surface area contributed by atoms with Crippen LogP contribution in [0.3, 0.4) is 0 Å². The minimum absolute atomic E-state index is 1.09. The van der Waals surface area contributed by atoms with Crippen LogP contribution in [0.4, 0.5) is 5.69 Å². The van der Waals surface area contributed by atoms with Gasteiger partial charge in [-0.05, 0) is 42.2 Å². The molecular formula is C18H21N2. The zero-order valence-electron chi connectivity index (χ0n) is 11.8. The van der Waals surface area contributed by atoms with Gasteiger partial charge in [0, 0.05) is 31.9 Å². The van der Waals surface area contributed by atoms with Crippen LogP contribution < -0.4 is 10.2 Å². The van der Waals surface area contributed by atoms with Gasteiger partial charge in [0.05, 0.1) is 0 Å². The summed E-state index contributed by atoms with van der Waals surface area (Å²) in [5.41, 5.74) is 4.12. The number of benzene rings is 2. The Morgan fingerprint density at radius 3 is 2.40 bits per heavy atom. The zero-order chi connectivity index (χ0) is 13.6. The lowest BCUT2D eigenvalue weighted by atomic mass is 10.0. The van der Waals surface area contributed by atoms with Crippen molar-refractivity contribution >= 4 is 5.69 Å². The summed E-state index contributed by atoms with van der Waals surface area (Å²) in [5.74, 6) is 0. The Morgan fingerprint density at radius 1 is 0.950 bits per heavy atom. The van der Waals surface area contributed by atoms with E-state index in [4.69, 9.17) is 0 Å². The van der Waals surface area contributed by atoms with Crippen molar-refractivity contribution in [3.05, 3.63) is 65.7 Å². The maximum absolute atomic E-state index is 3.39. The second-order valence-corrected chi connectivity index (χ2v) is 5.32. The first-order valence-corrected chi connectivity index (χ1v) is 7.41. The summed E-state index contributed by atoms with van der Waals surface area (Å²) in [4.78, 5) is 2.45. The standard InChI is InChI=1S/C18H21N2/c1-2-4-16(5-3-1)6-7-17-8-10-18(11-9-17)20-14-12-19-13-15-20/h1-2,4-5,8-11,19H,6-7,12-15H2. The Balaban J connectivity index is 1.58. The molecule has 2 aromatic rings. The molecule has 3 rings (SSSR count). The molecule has 0 aromatic heterocycles. The fraction of sp³-hybridized carbons (Fsp3) is 0.333. The first-order valence-electron chi connectivity index (χ1n) is 7.41. The summed E-state index contributed by atoms with van der Waals surface area (Å²) in [7, 11) is 0. The topological polar surface area (TPSA) is 15.3 Å². The number of rotatable bonds is 4. The van der Waals surface area contributed by atoms with E-state index in [0.29, 0.717) is 0 Å². The molecule has 0 spiro atoms. The fourth-order valence-electron chi connectivity index (χ4n) is 2.67. The molecule has 20 heavy (non-hydrogen) atoms. The quantitative estimate of drug-likeness (QED) is 0.914. The molecule has 1 fully saturated rings. The third-order valence-electron chi connectivity index (χ3n) is 3.89. The Labute approximate surface area is 121 Å². The number of hydrogen-bond acceptors (Lipinski definition) is 2. The van der Waals surface area contributed by atoms with Gasteiger partial charge in [-0.25, -0.2) is 0 Å². The van der Waals surface area contributed by atoms with E-state index in [9.17, 15) is 0 Å². The smallest absolute Gasteiger partial charge is 0.0367 e. The molecular weight excluding hydrogens is 244 g/mol. The van der Waals surface area contributed by atoms with E-state index < -0.39 is 0 Å². The van der Waals surface area contributed by atoms with E-state index in [0.717, 1.165) is 39.0 Å². The van der Waals surface area contributed by atoms with Crippen LogP contribution in [0.25, 0.3) is 0 Å². The lowest BCUT2D eigenvalue weighted by Crippen LogP contribution is -2.43. The van der Waals surface area contributed by atoms with Gasteiger partial charge in [-0.2, -0.15) is 0 Å². The van der Waals surface area contributed by atoms with E-state index in [1.807, 2.05) is 6.07 Å². The number of hydrogen-bond donors (Lipinski definition) is 1. The Hall–Kier alpha value is -1.80. The van der Waals surface area contributed by atoms with Crippen LogP contribution in [0.15, 0.2) is 48.5 Å². The minimum atomic E-state index is 1.09. The normalized spacial score (nSPS) is 15.3. The molecule has 1 saturated heterocycles. The monoisotopic (exact) mass is 265 g/mol. The lowest BCUT2D eigenvalue weighted by Gasteiger charge is -2.29. The molecule has 1 radical (unpaired) electrons. The second-order valence-electron chi connectivity index (χ2n) is 5.32. The van der Waals surface area contributed by atoms with Crippen molar-refractivity contribution in [3.63, 3.8) is 0 Å². The van der Waals surface area contributed by atoms with Crippen LogP contribution in [0, 0.1) is 6.07 Å². The average Bonchev–Trinajstić information content (AvgIpc) is 2.55. The highest BCUT2D eigenvalue weighted by Crippen LogP contribution is 2.17. The van der Waals surface area contributed by atoms with Crippen molar-refractivity contribution in [2.75, 3.05) is 31.1 Å². The van der Waals surface area contributed by atoms with Gasteiger partial charge in [0.25, 0.3) is 0 Å². The Kier molecular flexibility index (Phi) is 4.34. The summed E-state index contributed by atoms with van der Waals surface area (Å²) >= 11 is 0. The number of aryl methyl sites for hydroxylation is 2. The van der Waals surface area contributed by atoms with Crippen molar-refractivity contribution in [2.45, 2.75) is 12.8 Å². The first kappa shape index (κ1) is 13.2. The molecule has 0 aliphatic carbocycles. The number of piperazine rings is 1. The van der Waals surface area contributed by atoms with E-state index in [2.05, 4.69) is 58.7 Å². The zero-order valence-corrected chi connectivity index (χ0v) is 11.8. The molecule has 1 aliphatic heterocycles. The van der Waals surface area contributed by atoms with Crippen LogP contribution in [0.1, 0.15) is 11.1 Å². The van der Waals surface area contributed by atoms with E-state index in [1.54, 1.807) is 0 Å². The molecule has 0 amide bonds. The molecule has 0 atom stereocenters. The largest absolute Gasteiger partial charge is 0.369 e.